The van der Waals surface area contributed by atoms with Crippen LogP contribution in [0.3, 0.4) is 0 Å². The molecule has 1 atom stereocenters. The van der Waals surface area contributed by atoms with Gasteiger partial charge in [-0.25, -0.2) is 4.98 Å². The summed E-state index contributed by atoms with van der Waals surface area (Å²) in [5.74, 6) is 2.29. The molecule has 3 aromatic rings. The molecule has 2 N–H and O–H groups in total. The molecule has 3 heterocycles. The van der Waals surface area contributed by atoms with Crippen LogP contribution in [-0.2, 0) is 13.0 Å². The van der Waals surface area contributed by atoms with Crippen LogP contribution in [0.1, 0.15) is 35.5 Å². The van der Waals surface area contributed by atoms with Crippen molar-refractivity contribution in [3.63, 3.8) is 0 Å². The summed E-state index contributed by atoms with van der Waals surface area (Å²) in [6, 6.07) is 7.75. The molecule has 29 heavy (non-hydrogen) atoms. The molecule has 0 unspecified atom stereocenters. The quantitative estimate of drug-likeness (QED) is 0.671. The summed E-state index contributed by atoms with van der Waals surface area (Å²) in [7, 11) is 3.88. The fraction of sp³-hybridized carbons (Fsp3) is 0.364. The highest BCUT2D eigenvalue weighted by Crippen LogP contribution is 2.41. The van der Waals surface area contributed by atoms with E-state index in [1.54, 1.807) is 6.20 Å². The number of nitrogens with one attached hydrogen (secondary N) is 2. The highest BCUT2D eigenvalue weighted by atomic mass is 16.5. The molecule has 7 nitrogen and oxygen atoms in total. The van der Waals surface area contributed by atoms with Crippen LogP contribution in [0.5, 0.6) is 11.5 Å². The second kappa shape index (κ2) is 7.66. The van der Waals surface area contributed by atoms with Gasteiger partial charge in [-0.15, -0.1) is 0 Å². The number of hydrogen-bond donors (Lipinski definition) is 2. The fourth-order valence-electron chi connectivity index (χ4n) is 3.59. The molecule has 1 aromatic carbocycles. The third kappa shape index (κ3) is 3.72. The minimum Gasteiger partial charge on any atom is -0.493 e. The van der Waals surface area contributed by atoms with E-state index in [1.807, 2.05) is 57.1 Å². The summed E-state index contributed by atoms with van der Waals surface area (Å²) < 4.78 is 11.8. The van der Waals surface area contributed by atoms with Crippen LogP contribution < -0.4 is 19.7 Å². The Kier molecular flexibility index (Phi) is 5.05. The second-order valence-electron chi connectivity index (χ2n) is 7.50. The van der Waals surface area contributed by atoms with Crippen LogP contribution in [0.2, 0.25) is 0 Å². The van der Waals surface area contributed by atoms with Crippen LogP contribution >= 0.6 is 0 Å². The molecule has 1 aliphatic rings. The molecule has 152 valence electrons. The molecule has 1 amide bonds. The molecule has 0 fully saturated rings. The lowest BCUT2D eigenvalue weighted by Gasteiger charge is -2.11. The van der Waals surface area contributed by atoms with Crippen molar-refractivity contribution in [3.8, 4) is 11.5 Å². The Morgan fingerprint density at radius 1 is 1.38 bits per heavy atom. The number of rotatable bonds is 6. The molecular weight excluding hydrogens is 368 g/mol. The van der Waals surface area contributed by atoms with E-state index in [2.05, 4.69) is 15.3 Å². The van der Waals surface area contributed by atoms with Gasteiger partial charge in [0.1, 0.15) is 29.1 Å². The fourth-order valence-corrected chi connectivity index (χ4v) is 3.59. The zero-order valence-electron chi connectivity index (χ0n) is 17.2. The van der Waals surface area contributed by atoms with E-state index in [1.165, 1.54) is 0 Å². The zero-order chi connectivity index (χ0) is 20.5. The largest absolute Gasteiger partial charge is 0.493 e. The number of H-pyrrole nitrogens is 1. The topological polar surface area (TPSA) is 79.5 Å². The highest BCUT2D eigenvalue weighted by Gasteiger charge is 2.26. The number of hydrogen-bond acceptors (Lipinski definition) is 5. The number of anilines is 1. The summed E-state index contributed by atoms with van der Waals surface area (Å²) >= 11 is 0. The highest BCUT2D eigenvalue weighted by molar-refractivity contribution is 6.02. The molecule has 0 spiro atoms. The van der Waals surface area contributed by atoms with Gasteiger partial charge < -0.3 is 24.7 Å². The van der Waals surface area contributed by atoms with Gasteiger partial charge in [0.05, 0.1) is 12.1 Å². The maximum absolute atomic E-state index is 12.7. The van der Waals surface area contributed by atoms with Crippen molar-refractivity contribution in [1.82, 2.24) is 15.3 Å². The third-order valence-electron chi connectivity index (χ3n) is 5.00. The predicted octanol–water partition coefficient (Wildman–Crippen LogP) is 3.28. The lowest BCUT2D eigenvalue weighted by molar-refractivity contribution is 0.0946. The van der Waals surface area contributed by atoms with E-state index in [0.717, 1.165) is 45.8 Å². The van der Waals surface area contributed by atoms with Crippen LogP contribution in [0.25, 0.3) is 10.9 Å². The first-order chi connectivity index (χ1) is 14.0. The van der Waals surface area contributed by atoms with Crippen molar-refractivity contribution in [1.29, 1.82) is 0 Å². The number of carbonyl (C=O) groups is 1. The van der Waals surface area contributed by atoms with Gasteiger partial charge in [0.2, 0.25) is 0 Å². The van der Waals surface area contributed by atoms with Gasteiger partial charge in [0.25, 0.3) is 5.91 Å². The molecule has 2 aromatic heterocycles. The molecule has 1 aliphatic heterocycles. The Bertz CT molecular complexity index is 1040. The molecule has 0 saturated heterocycles. The van der Waals surface area contributed by atoms with Crippen molar-refractivity contribution in [2.45, 2.75) is 32.9 Å². The SMILES string of the molecule is CCOc1cc2c(c3[nH]c(C(=O)NCc4ccc(N(C)C)nc4)cc13)O[C@H](C)C2. The minimum atomic E-state index is -0.180. The Labute approximate surface area is 170 Å². The lowest BCUT2D eigenvalue weighted by Crippen LogP contribution is -2.23. The standard InChI is InChI=1S/C22H26N4O3/c1-5-28-18-9-15-8-13(2)29-21(15)20-16(18)10-17(25-20)22(27)24-12-14-6-7-19(23-11-14)26(3)4/h6-7,9-11,13,25H,5,8,12H2,1-4H3,(H,24,27)/t13-/m1/s1. The summed E-state index contributed by atoms with van der Waals surface area (Å²) in [6.07, 6.45) is 2.72. The zero-order valence-corrected chi connectivity index (χ0v) is 17.2. The Morgan fingerprint density at radius 3 is 2.90 bits per heavy atom. The van der Waals surface area contributed by atoms with E-state index in [4.69, 9.17) is 9.47 Å². The monoisotopic (exact) mass is 394 g/mol. The first-order valence-electron chi connectivity index (χ1n) is 9.84. The van der Waals surface area contributed by atoms with Crippen LogP contribution in [0.15, 0.2) is 30.5 Å². The van der Waals surface area contributed by atoms with E-state index >= 15 is 0 Å². The molecule has 0 bridgehead atoms. The number of benzene rings is 1. The van der Waals surface area contributed by atoms with Gasteiger partial charge in [0, 0.05) is 44.2 Å². The number of pyridine rings is 1. The second-order valence-corrected chi connectivity index (χ2v) is 7.50. The number of aromatic amines is 1. The average Bonchev–Trinajstić information content (AvgIpc) is 3.30. The van der Waals surface area contributed by atoms with Crippen molar-refractivity contribution >= 4 is 22.6 Å². The Morgan fingerprint density at radius 2 is 2.21 bits per heavy atom. The Balaban J connectivity index is 1.56. The normalized spacial score (nSPS) is 15.1. The molecule has 0 aliphatic carbocycles. The van der Waals surface area contributed by atoms with Gasteiger partial charge in [-0.2, -0.15) is 0 Å². The number of ether oxygens (including phenoxy) is 2. The maximum atomic E-state index is 12.7. The van der Waals surface area contributed by atoms with Crippen molar-refractivity contribution in [3.05, 3.63) is 47.3 Å². The minimum absolute atomic E-state index is 0.114. The first kappa shape index (κ1) is 19.1. The number of amides is 1. The molecule has 0 radical (unpaired) electrons. The molecule has 4 rings (SSSR count). The maximum Gasteiger partial charge on any atom is 0.268 e. The lowest BCUT2D eigenvalue weighted by atomic mass is 10.1. The van der Waals surface area contributed by atoms with Gasteiger partial charge in [-0.3, -0.25) is 4.79 Å². The third-order valence-corrected chi connectivity index (χ3v) is 5.00. The van der Waals surface area contributed by atoms with Crippen LogP contribution in [0.4, 0.5) is 5.82 Å². The average molecular weight is 394 g/mol. The van der Waals surface area contributed by atoms with Gasteiger partial charge in [-0.05, 0) is 37.6 Å². The van der Waals surface area contributed by atoms with E-state index in [0.29, 0.717) is 18.8 Å². The van der Waals surface area contributed by atoms with E-state index < -0.39 is 0 Å². The van der Waals surface area contributed by atoms with E-state index in [-0.39, 0.29) is 12.0 Å². The Hall–Kier alpha value is -3.22. The number of carbonyl (C=O) groups excluding carboxylic acids is 1. The molecule has 7 heteroatoms. The van der Waals surface area contributed by atoms with E-state index in [9.17, 15) is 4.79 Å². The van der Waals surface area contributed by atoms with Crippen LogP contribution in [0, 0.1) is 0 Å². The molecular formula is C22H26N4O3. The smallest absolute Gasteiger partial charge is 0.268 e. The van der Waals surface area contributed by atoms with Gasteiger partial charge >= 0.3 is 0 Å². The van der Waals surface area contributed by atoms with Gasteiger partial charge in [0.15, 0.2) is 0 Å². The van der Waals surface area contributed by atoms with Gasteiger partial charge in [-0.1, -0.05) is 6.07 Å². The van der Waals surface area contributed by atoms with Crippen LogP contribution in [-0.4, -0.2) is 42.7 Å². The number of aromatic nitrogens is 2. The summed E-state index contributed by atoms with van der Waals surface area (Å²) in [6.45, 7) is 4.96. The summed E-state index contributed by atoms with van der Waals surface area (Å²) in [5.41, 5.74) is 3.34. The van der Waals surface area contributed by atoms with Crippen molar-refractivity contribution in [2.75, 3.05) is 25.6 Å². The predicted molar refractivity (Wildman–Crippen MR) is 113 cm³/mol. The number of fused-ring (bicyclic) bond motifs is 3. The molecule has 0 saturated carbocycles. The summed E-state index contributed by atoms with van der Waals surface area (Å²) in [4.78, 5) is 22.3. The van der Waals surface area contributed by atoms with Crippen molar-refractivity contribution < 1.29 is 14.3 Å². The summed E-state index contributed by atoms with van der Waals surface area (Å²) in [5, 5.41) is 3.81. The van der Waals surface area contributed by atoms with Crippen molar-refractivity contribution in [2.24, 2.45) is 0 Å². The number of nitrogens with zero attached hydrogens (tertiary/aromatic N) is 2. The first-order valence-corrected chi connectivity index (χ1v) is 9.84.